The third kappa shape index (κ3) is 8.04. The van der Waals surface area contributed by atoms with E-state index < -0.39 is 16.9 Å². The van der Waals surface area contributed by atoms with E-state index >= 15 is 0 Å². The molecule has 156 valence electrons. The van der Waals surface area contributed by atoms with Crippen molar-refractivity contribution in [2.24, 2.45) is 0 Å². The minimum atomic E-state index is -0.548. The second-order valence-electron chi connectivity index (χ2n) is 6.14. The van der Waals surface area contributed by atoms with Crippen molar-refractivity contribution < 1.29 is 24.0 Å². The van der Waals surface area contributed by atoms with Crippen molar-refractivity contribution in [3.8, 4) is 11.8 Å². The summed E-state index contributed by atoms with van der Waals surface area (Å²) in [5.74, 6) is -0.865. The molecule has 0 bridgehead atoms. The van der Waals surface area contributed by atoms with Crippen LogP contribution in [0.4, 0.5) is 5.69 Å². The van der Waals surface area contributed by atoms with Crippen LogP contribution in [0, 0.1) is 21.4 Å². The Morgan fingerprint density at radius 3 is 2.57 bits per heavy atom. The summed E-state index contributed by atoms with van der Waals surface area (Å²) in [6.07, 6.45) is 1.71. The molecule has 0 aliphatic carbocycles. The van der Waals surface area contributed by atoms with E-state index in [2.05, 4.69) is 4.98 Å². The zero-order chi connectivity index (χ0) is 21.8. The third-order valence-electron chi connectivity index (χ3n) is 3.85. The quantitative estimate of drug-likeness (QED) is 0.179. The molecule has 0 spiro atoms. The minimum absolute atomic E-state index is 0.00887. The van der Waals surface area contributed by atoms with E-state index in [4.69, 9.17) is 14.7 Å². The molecular weight excluding hydrogens is 392 g/mol. The van der Waals surface area contributed by atoms with Crippen LogP contribution in [0.15, 0.2) is 48.7 Å². The number of hydrogen-bond acceptors (Lipinski definition) is 9. The van der Waals surface area contributed by atoms with Crippen LogP contribution in [0.1, 0.15) is 18.5 Å². The van der Waals surface area contributed by atoms with E-state index in [0.29, 0.717) is 12.2 Å². The van der Waals surface area contributed by atoms with Gasteiger partial charge in [-0.2, -0.15) is 5.26 Å². The highest BCUT2D eigenvalue weighted by molar-refractivity contribution is 5.73. The van der Waals surface area contributed by atoms with Gasteiger partial charge in [-0.3, -0.25) is 29.6 Å². The van der Waals surface area contributed by atoms with Gasteiger partial charge in [0, 0.05) is 31.4 Å². The Labute approximate surface area is 172 Å². The second kappa shape index (κ2) is 11.9. The Hall–Kier alpha value is -3.84. The molecule has 2 rings (SSSR count). The molecule has 2 aromatic rings. The van der Waals surface area contributed by atoms with Crippen molar-refractivity contribution >= 4 is 17.6 Å². The van der Waals surface area contributed by atoms with Gasteiger partial charge in [0.1, 0.15) is 12.4 Å². The summed E-state index contributed by atoms with van der Waals surface area (Å²) < 4.78 is 10.2. The van der Waals surface area contributed by atoms with E-state index in [1.165, 1.54) is 24.3 Å². The number of nitrogens with zero attached hydrogens (tertiary/aromatic N) is 4. The lowest BCUT2D eigenvalue weighted by molar-refractivity contribution is -0.384. The number of esters is 2. The van der Waals surface area contributed by atoms with E-state index in [-0.39, 0.29) is 44.0 Å². The number of benzene rings is 1. The molecule has 0 atom stereocenters. The van der Waals surface area contributed by atoms with Gasteiger partial charge >= 0.3 is 11.9 Å². The van der Waals surface area contributed by atoms with Crippen molar-refractivity contribution in [1.29, 1.82) is 5.26 Å². The van der Waals surface area contributed by atoms with E-state index in [1.807, 2.05) is 12.1 Å². The second-order valence-corrected chi connectivity index (χ2v) is 6.14. The fourth-order valence-electron chi connectivity index (χ4n) is 2.44. The molecule has 0 aliphatic rings. The first kappa shape index (κ1) is 22.4. The topological polar surface area (TPSA) is 136 Å². The van der Waals surface area contributed by atoms with Crippen LogP contribution in [0.2, 0.25) is 0 Å². The molecule has 10 nitrogen and oxygen atoms in total. The molecule has 10 heteroatoms. The molecule has 0 amide bonds. The van der Waals surface area contributed by atoms with Crippen LogP contribution in [-0.2, 0) is 20.9 Å². The van der Waals surface area contributed by atoms with Gasteiger partial charge in [0.15, 0.2) is 0 Å². The summed E-state index contributed by atoms with van der Waals surface area (Å²) in [6, 6.07) is 12.4. The predicted molar refractivity (Wildman–Crippen MR) is 104 cm³/mol. The van der Waals surface area contributed by atoms with Crippen molar-refractivity contribution in [2.45, 2.75) is 19.4 Å². The number of nitro groups is 1. The number of pyridine rings is 1. The maximum atomic E-state index is 12.1. The van der Waals surface area contributed by atoms with Crippen LogP contribution < -0.4 is 4.74 Å². The zero-order valence-corrected chi connectivity index (χ0v) is 16.1. The van der Waals surface area contributed by atoms with Gasteiger partial charge in [-0.05, 0) is 24.3 Å². The maximum Gasteiger partial charge on any atom is 0.320 e. The number of carbonyl (C=O) groups is 2. The summed E-state index contributed by atoms with van der Waals surface area (Å²) >= 11 is 0. The van der Waals surface area contributed by atoms with Crippen molar-refractivity contribution in [3.05, 3.63) is 64.5 Å². The molecule has 0 saturated carbocycles. The molecule has 1 aromatic carbocycles. The Morgan fingerprint density at radius 1 is 1.17 bits per heavy atom. The van der Waals surface area contributed by atoms with Gasteiger partial charge in [0.25, 0.3) is 5.69 Å². The Balaban J connectivity index is 1.91. The number of carbonyl (C=O) groups excluding carboxylic acids is 2. The highest BCUT2D eigenvalue weighted by atomic mass is 16.6. The summed E-state index contributed by atoms with van der Waals surface area (Å²) in [6.45, 7) is 0.455. The van der Waals surface area contributed by atoms with Gasteiger partial charge in [0.2, 0.25) is 0 Å². The molecule has 0 aliphatic heterocycles. The molecule has 0 unspecified atom stereocenters. The summed E-state index contributed by atoms with van der Waals surface area (Å²) in [5, 5.41) is 19.2. The highest BCUT2D eigenvalue weighted by Gasteiger charge is 2.16. The number of ether oxygens (including phenoxy) is 2. The first-order valence-corrected chi connectivity index (χ1v) is 9.08. The molecule has 0 N–H and O–H groups in total. The van der Waals surface area contributed by atoms with Gasteiger partial charge < -0.3 is 9.47 Å². The minimum Gasteiger partial charge on any atom is -0.464 e. The Morgan fingerprint density at radius 2 is 1.93 bits per heavy atom. The van der Waals surface area contributed by atoms with Gasteiger partial charge in [-0.25, -0.2) is 0 Å². The number of aromatic nitrogens is 1. The number of rotatable bonds is 11. The van der Waals surface area contributed by atoms with Crippen molar-refractivity contribution in [1.82, 2.24) is 9.88 Å². The lowest BCUT2D eigenvalue weighted by Gasteiger charge is -2.20. The van der Waals surface area contributed by atoms with Crippen LogP contribution in [0.5, 0.6) is 5.75 Å². The lowest BCUT2D eigenvalue weighted by Crippen LogP contribution is -2.33. The van der Waals surface area contributed by atoms with E-state index in [9.17, 15) is 19.7 Å². The highest BCUT2D eigenvalue weighted by Crippen LogP contribution is 2.17. The average molecular weight is 412 g/mol. The molecule has 1 heterocycles. The van der Waals surface area contributed by atoms with Crippen molar-refractivity contribution in [2.75, 3.05) is 19.7 Å². The SMILES string of the molecule is N#CCCOC(=O)CN(CCC(=O)Oc1ccc([N+](=O)[O-])cc1)Cc1ccccn1. The molecule has 1 aromatic heterocycles. The predicted octanol–water partition coefficient (Wildman–Crippen LogP) is 2.24. The molecule has 0 fully saturated rings. The zero-order valence-electron chi connectivity index (χ0n) is 16.1. The smallest absolute Gasteiger partial charge is 0.320 e. The Kier molecular flexibility index (Phi) is 8.89. The fourth-order valence-corrected chi connectivity index (χ4v) is 2.44. The third-order valence-corrected chi connectivity index (χ3v) is 3.85. The maximum absolute atomic E-state index is 12.1. The monoisotopic (exact) mass is 412 g/mol. The normalized spacial score (nSPS) is 10.3. The lowest BCUT2D eigenvalue weighted by atomic mass is 10.3. The van der Waals surface area contributed by atoms with Gasteiger partial charge in [-0.15, -0.1) is 0 Å². The first-order valence-electron chi connectivity index (χ1n) is 9.08. The fraction of sp³-hybridized carbons (Fsp3) is 0.300. The first-order chi connectivity index (χ1) is 14.5. The number of hydrogen-bond donors (Lipinski definition) is 0. The molecule has 0 radical (unpaired) electrons. The summed E-state index contributed by atoms with van der Waals surface area (Å²) in [5.41, 5.74) is 0.609. The molecule has 0 saturated heterocycles. The van der Waals surface area contributed by atoms with Crippen LogP contribution >= 0.6 is 0 Å². The number of nitriles is 1. The molecular formula is C20H20N4O6. The van der Waals surface area contributed by atoms with Gasteiger partial charge in [0.05, 0.1) is 36.1 Å². The number of nitro benzene ring substituents is 1. The Bertz CT molecular complexity index is 896. The molecule has 30 heavy (non-hydrogen) atoms. The van der Waals surface area contributed by atoms with Gasteiger partial charge in [-0.1, -0.05) is 6.07 Å². The summed E-state index contributed by atoms with van der Waals surface area (Å²) in [7, 11) is 0. The van der Waals surface area contributed by atoms with Crippen LogP contribution in [0.25, 0.3) is 0 Å². The average Bonchev–Trinajstić information content (AvgIpc) is 2.73. The van der Waals surface area contributed by atoms with Crippen molar-refractivity contribution in [3.63, 3.8) is 0 Å². The van der Waals surface area contributed by atoms with E-state index in [1.54, 1.807) is 23.2 Å². The van der Waals surface area contributed by atoms with E-state index in [0.717, 1.165) is 0 Å². The standard InChI is InChI=1S/C20H20N4O6/c21-10-3-13-29-20(26)15-23(14-16-4-1-2-11-22-16)12-9-19(25)30-18-7-5-17(6-8-18)24(27)28/h1-2,4-8,11H,3,9,12-15H2. The number of non-ortho nitro benzene ring substituents is 1. The summed E-state index contributed by atoms with van der Waals surface area (Å²) in [4.78, 5) is 40.1. The van der Waals surface area contributed by atoms with Crippen LogP contribution in [0.3, 0.4) is 0 Å². The largest absolute Gasteiger partial charge is 0.464 e. The van der Waals surface area contributed by atoms with Crippen LogP contribution in [-0.4, -0.2) is 46.4 Å².